The average Bonchev–Trinajstić information content (AvgIpc) is 2.65. The van der Waals surface area contributed by atoms with E-state index in [4.69, 9.17) is 0 Å². The first-order valence-corrected chi connectivity index (χ1v) is 5.69. The molecule has 16 heavy (non-hydrogen) atoms. The minimum atomic E-state index is -0.256. The predicted molar refractivity (Wildman–Crippen MR) is 58.9 cm³/mol. The number of aromatic nitrogens is 3. The van der Waals surface area contributed by atoms with Gasteiger partial charge in [-0.1, -0.05) is 0 Å². The number of hydrogen-bond donors (Lipinski definition) is 3. The monoisotopic (exact) mass is 226 g/mol. The number of nitrogens with zero attached hydrogens (tertiary/aromatic N) is 2. The van der Waals surface area contributed by atoms with E-state index in [-0.39, 0.29) is 11.8 Å². The first-order chi connectivity index (χ1) is 7.65. The summed E-state index contributed by atoms with van der Waals surface area (Å²) in [5.41, 5.74) is -0.256. The van der Waals surface area contributed by atoms with Crippen molar-refractivity contribution in [3.63, 3.8) is 0 Å². The third-order valence-corrected chi connectivity index (χ3v) is 3.24. The molecule has 2 rings (SSSR count). The number of rotatable bonds is 3. The van der Waals surface area contributed by atoms with Gasteiger partial charge in [-0.15, -0.1) is 0 Å². The summed E-state index contributed by atoms with van der Waals surface area (Å²) in [7, 11) is 0. The Morgan fingerprint density at radius 2 is 2.25 bits per heavy atom. The molecule has 6 nitrogen and oxygen atoms in total. The zero-order valence-electron chi connectivity index (χ0n) is 9.44. The van der Waals surface area contributed by atoms with Crippen LogP contribution in [-0.2, 0) is 6.54 Å². The first kappa shape index (κ1) is 11.3. The van der Waals surface area contributed by atoms with Crippen LogP contribution in [0.3, 0.4) is 0 Å². The molecule has 0 amide bonds. The number of hydrogen-bond acceptors (Lipinski definition) is 4. The van der Waals surface area contributed by atoms with E-state index in [2.05, 4.69) is 20.1 Å². The highest BCUT2D eigenvalue weighted by Crippen LogP contribution is 2.20. The van der Waals surface area contributed by atoms with Crippen LogP contribution in [0.1, 0.15) is 25.6 Å². The highest BCUT2D eigenvalue weighted by Gasteiger charge is 2.22. The summed E-state index contributed by atoms with van der Waals surface area (Å²) in [5, 5.41) is 15.7. The van der Waals surface area contributed by atoms with E-state index >= 15 is 0 Å². The second-order valence-electron chi connectivity index (χ2n) is 4.48. The molecule has 1 fully saturated rings. The molecule has 1 aliphatic heterocycles. The molecule has 1 unspecified atom stereocenters. The van der Waals surface area contributed by atoms with Gasteiger partial charge in [-0.05, 0) is 38.8 Å². The summed E-state index contributed by atoms with van der Waals surface area (Å²) < 4.78 is 0. The van der Waals surface area contributed by atoms with Crippen LogP contribution in [0.15, 0.2) is 4.79 Å². The van der Waals surface area contributed by atoms with E-state index in [0.717, 1.165) is 25.9 Å². The molecular formula is C10H18N4O2. The van der Waals surface area contributed by atoms with Crippen molar-refractivity contribution < 1.29 is 5.11 Å². The van der Waals surface area contributed by atoms with E-state index in [9.17, 15) is 9.90 Å². The summed E-state index contributed by atoms with van der Waals surface area (Å²) in [5.74, 6) is 1.09. The van der Waals surface area contributed by atoms with Crippen molar-refractivity contribution in [1.29, 1.82) is 0 Å². The lowest BCUT2D eigenvalue weighted by molar-refractivity contribution is 0.0687. The third kappa shape index (κ3) is 2.70. The molecule has 1 aliphatic rings. The number of piperidine rings is 1. The molecule has 0 saturated carbocycles. The molecule has 0 spiro atoms. The lowest BCUT2D eigenvalue weighted by atomic mass is 9.92. The topological polar surface area (TPSA) is 85.0 Å². The second-order valence-corrected chi connectivity index (χ2v) is 4.48. The van der Waals surface area contributed by atoms with Crippen LogP contribution < -0.4 is 5.69 Å². The molecule has 3 N–H and O–H groups in total. The fourth-order valence-corrected chi connectivity index (χ4v) is 2.19. The van der Waals surface area contributed by atoms with Gasteiger partial charge in [0.05, 0.1) is 12.6 Å². The van der Waals surface area contributed by atoms with Crippen molar-refractivity contribution in [3.05, 3.63) is 16.3 Å². The molecule has 0 aromatic carbocycles. The number of likely N-dealkylation sites (tertiary alicyclic amines) is 1. The highest BCUT2D eigenvalue weighted by molar-refractivity contribution is 4.83. The number of nitrogens with one attached hydrogen (secondary N) is 2. The van der Waals surface area contributed by atoms with Crippen LogP contribution in [-0.4, -0.2) is 44.4 Å². The summed E-state index contributed by atoms with van der Waals surface area (Å²) in [6.07, 6.45) is 1.80. The normalized spacial score (nSPS) is 21.1. The highest BCUT2D eigenvalue weighted by atomic mass is 16.3. The molecule has 1 aromatic rings. The minimum Gasteiger partial charge on any atom is -0.393 e. The molecule has 1 aromatic heterocycles. The second kappa shape index (κ2) is 4.80. The maximum Gasteiger partial charge on any atom is 0.340 e. The van der Waals surface area contributed by atoms with Gasteiger partial charge in [0.15, 0.2) is 0 Å². The fourth-order valence-electron chi connectivity index (χ4n) is 2.19. The van der Waals surface area contributed by atoms with Gasteiger partial charge in [0.2, 0.25) is 0 Å². The Hall–Kier alpha value is -1.14. The Bertz CT molecular complexity index is 376. The molecule has 0 bridgehead atoms. The molecule has 0 aliphatic carbocycles. The Labute approximate surface area is 93.7 Å². The third-order valence-electron chi connectivity index (χ3n) is 3.24. The van der Waals surface area contributed by atoms with Crippen LogP contribution in [0.5, 0.6) is 0 Å². The van der Waals surface area contributed by atoms with Gasteiger partial charge in [0.1, 0.15) is 5.82 Å². The molecule has 2 heterocycles. The van der Waals surface area contributed by atoms with Gasteiger partial charge in [-0.3, -0.25) is 9.88 Å². The lowest BCUT2D eigenvalue weighted by Crippen LogP contribution is -2.36. The zero-order chi connectivity index (χ0) is 11.5. The Balaban J connectivity index is 1.83. The van der Waals surface area contributed by atoms with Gasteiger partial charge in [0.25, 0.3) is 0 Å². The number of aliphatic hydroxyl groups excluding tert-OH is 1. The standard InChI is InChI=1S/C10H18N4O2/c1-7(15)8-2-4-14(5-3-8)6-9-11-10(16)13-12-9/h7-8,15H,2-6H2,1H3,(H2,11,12,13,16). The first-order valence-electron chi connectivity index (χ1n) is 5.69. The van der Waals surface area contributed by atoms with Crippen molar-refractivity contribution in [2.24, 2.45) is 5.92 Å². The van der Waals surface area contributed by atoms with Gasteiger partial charge >= 0.3 is 5.69 Å². The number of aromatic amines is 2. The SMILES string of the molecule is CC(O)C1CCN(Cc2n[nH]c(=O)[nH]2)CC1. The van der Waals surface area contributed by atoms with E-state index in [1.165, 1.54) is 0 Å². The Morgan fingerprint density at radius 3 is 2.75 bits per heavy atom. The smallest absolute Gasteiger partial charge is 0.340 e. The van der Waals surface area contributed by atoms with E-state index < -0.39 is 0 Å². The molecule has 1 saturated heterocycles. The predicted octanol–water partition coefficient (Wildman–Crippen LogP) is -0.309. The van der Waals surface area contributed by atoms with Crippen LogP contribution in [0, 0.1) is 5.92 Å². The summed E-state index contributed by atoms with van der Waals surface area (Å²) in [6.45, 7) is 4.42. The summed E-state index contributed by atoms with van der Waals surface area (Å²) >= 11 is 0. The largest absolute Gasteiger partial charge is 0.393 e. The van der Waals surface area contributed by atoms with E-state index in [1.54, 1.807) is 0 Å². The van der Waals surface area contributed by atoms with Crippen molar-refractivity contribution in [2.45, 2.75) is 32.4 Å². The molecule has 90 valence electrons. The van der Waals surface area contributed by atoms with Crippen molar-refractivity contribution >= 4 is 0 Å². The number of H-pyrrole nitrogens is 2. The van der Waals surface area contributed by atoms with Gasteiger partial charge in [-0.25, -0.2) is 9.89 Å². The van der Waals surface area contributed by atoms with Crippen molar-refractivity contribution in [1.82, 2.24) is 20.1 Å². The quantitative estimate of drug-likeness (QED) is 0.660. The summed E-state index contributed by atoms with van der Waals surface area (Å²) in [4.78, 5) is 15.7. The Kier molecular flexibility index (Phi) is 3.40. The molecular weight excluding hydrogens is 208 g/mol. The maximum atomic E-state index is 10.8. The van der Waals surface area contributed by atoms with Crippen LogP contribution in [0.25, 0.3) is 0 Å². The van der Waals surface area contributed by atoms with Gasteiger partial charge in [-0.2, -0.15) is 5.10 Å². The van der Waals surface area contributed by atoms with Gasteiger partial charge < -0.3 is 5.11 Å². The van der Waals surface area contributed by atoms with Crippen LogP contribution in [0.4, 0.5) is 0 Å². The lowest BCUT2D eigenvalue weighted by Gasteiger charge is -2.32. The van der Waals surface area contributed by atoms with Crippen LogP contribution >= 0.6 is 0 Å². The Morgan fingerprint density at radius 1 is 1.56 bits per heavy atom. The fraction of sp³-hybridized carbons (Fsp3) is 0.800. The summed E-state index contributed by atoms with van der Waals surface area (Å²) in [6, 6.07) is 0. The maximum absolute atomic E-state index is 10.8. The van der Waals surface area contributed by atoms with E-state index in [1.807, 2.05) is 6.92 Å². The molecule has 6 heteroatoms. The zero-order valence-corrected chi connectivity index (χ0v) is 9.44. The van der Waals surface area contributed by atoms with Gasteiger partial charge in [0, 0.05) is 0 Å². The average molecular weight is 226 g/mol. The molecule has 0 radical (unpaired) electrons. The van der Waals surface area contributed by atoms with Crippen LogP contribution in [0.2, 0.25) is 0 Å². The number of aliphatic hydroxyl groups is 1. The van der Waals surface area contributed by atoms with E-state index in [0.29, 0.717) is 18.3 Å². The van der Waals surface area contributed by atoms with Crippen molar-refractivity contribution in [3.8, 4) is 0 Å². The minimum absolute atomic E-state index is 0.215. The van der Waals surface area contributed by atoms with Crippen molar-refractivity contribution in [2.75, 3.05) is 13.1 Å². The molecule has 1 atom stereocenters.